The molecule has 2 nitrogen and oxygen atoms in total. The maximum absolute atomic E-state index is 9.80. The maximum Gasteiger partial charge on any atom is 0.111 e. The van der Waals surface area contributed by atoms with Crippen molar-refractivity contribution in [2.45, 2.75) is 38.9 Å². The average molecular weight is 170 g/mol. The van der Waals surface area contributed by atoms with Crippen molar-refractivity contribution in [2.24, 2.45) is 5.92 Å². The predicted octanol–water partition coefficient (Wildman–Crippen LogP) is 1.74. The third-order valence-corrected chi connectivity index (χ3v) is 2.97. The van der Waals surface area contributed by atoms with Gasteiger partial charge in [0.2, 0.25) is 0 Å². The molecule has 2 heteroatoms. The van der Waals surface area contributed by atoms with Crippen LogP contribution in [0.3, 0.4) is 0 Å². The number of aliphatic hydroxyl groups is 1. The van der Waals surface area contributed by atoms with Crippen LogP contribution >= 0.6 is 0 Å². The Morgan fingerprint density at radius 3 is 2.67 bits per heavy atom. The van der Waals surface area contributed by atoms with Gasteiger partial charge < -0.3 is 9.84 Å². The van der Waals surface area contributed by atoms with E-state index in [2.05, 4.69) is 13.0 Å². The smallest absolute Gasteiger partial charge is 0.111 e. The Morgan fingerprint density at radius 1 is 1.67 bits per heavy atom. The highest BCUT2D eigenvalue weighted by Crippen LogP contribution is 2.34. The van der Waals surface area contributed by atoms with E-state index in [0.29, 0.717) is 5.92 Å². The molecular weight excluding hydrogens is 152 g/mol. The van der Waals surface area contributed by atoms with E-state index in [-0.39, 0.29) is 6.10 Å². The molecule has 0 aliphatic heterocycles. The molecule has 1 aliphatic rings. The lowest BCUT2D eigenvalue weighted by Crippen LogP contribution is -2.45. The molecule has 0 aromatic carbocycles. The van der Waals surface area contributed by atoms with Crippen LogP contribution in [-0.2, 0) is 4.74 Å². The van der Waals surface area contributed by atoms with E-state index < -0.39 is 5.60 Å². The lowest BCUT2D eigenvalue weighted by molar-refractivity contribution is -0.0768. The normalized spacial score (nSPS) is 42.6. The van der Waals surface area contributed by atoms with Crippen LogP contribution in [0.25, 0.3) is 0 Å². The molecule has 0 saturated heterocycles. The molecular formula is C10H18O2. The molecule has 0 aromatic heterocycles. The molecule has 1 aliphatic carbocycles. The summed E-state index contributed by atoms with van der Waals surface area (Å²) in [4.78, 5) is 0. The average Bonchev–Trinajstić information content (AvgIpc) is 2.00. The maximum atomic E-state index is 9.80. The molecule has 0 radical (unpaired) electrons. The summed E-state index contributed by atoms with van der Waals surface area (Å²) in [5.74, 6) is 0.461. The lowest BCUT2D eigenvalue weighted by Gasteiger charge is -2.39. The Balaban J connectivity index is 2.93. The fourth-order valence-corrected chi connectivity index (χ4v) is 1.80. The van der Waals surface area contributed by atoms with Gasteiger partial charge in [-0.25, -0.2) is 0 Å². The van der Waals surface area contributed by atoms with Crippen molar-refractivity contribution in [3.8, 4) is 0 Å². The van der Waals surface area contributed by atoms with Crippen molar-refractivity contribution >= 4 is 0 Å². The second-order valence-electron chi connectivity index (χ2n) is 3.89. The Bertz CT molecular complexity index is 198. The van der Waals surface area contributed by atoms with Crippen molar-refractivity contribution in [3.05, 3.63) is 11.6 Å². The summed E-state index contributed by atoms with van der Waals surface area (Å²) in [7, 11) is 1.65. The van der Waals surface area contributed by atoms with Gasteiger partial charge in [0.15, 0.2) is 0 Å². The van der Waals surface area contributed by atoms with Crippen molar-refractivity contribution in [1.82, 2.24) is 0 Å². The van der Waals surface area contributed by atoms with Crippen molar-refractivity contribution in [2.75, 3.05) is 7.11 Å². The topological polar surface area (TPSA) is 29.5 Å². The van der Waals surface area contributed by atoms with Gasteiger partial charge in [-0.1, -0.05) is 13.0 Å². The van der Waals surface area contributed by atoms with E-state index in [1.54, 1.807) is 7.11 Å². The molecule has 0 bridgehead atoms. The SMILES string of the molecule is COC1(C)C(C)=CC(C)CC1O. The van der Waals surface area contributed by atoms with Gasteiger partial charge in [-0.3, -0.25) is 0 Å². The van der Waals surface area contributed by atoms with E-state index in [1.165, 1.54) is 0 Å². The minimum absolute atomic E-state index is 0.373. The number of ether oxygens (including phenoxy) is 1. The number of hydrogen-bond acceptors (Lipinski definition) is 2. The van der Waals surface area contributed by atoms with Gasteiger partial charge in [-0.2, -0.15) is 0 Å². The second-order valence-corrected chi connectivity index (χ2v) is 3.89. The first-order chi connectivity index (χ1) is 5.50. The van der Waals surface area contributed by atoms with E-state index >= 15 is 0 Å². The summed E-state index contributed by atoms with van der Waals surface area (Å²) in [5, 5.41) is 9.80. The van der Waals surface area contributed by atoms with E-state index in [4.69, 9.17) is 4.74 Å². The van der Waals surface area contributed by atoms with Crippen LogP contribution in [0.15, 0.2) is 11.6 Å². The predicted molar refractivity (Wildman–Crippen MR) is 49.0 cm³/mol. The van der Waals surface area contributed by atoms with Crippen LogP contribution in [0.1, 0.15) is 27.2 Å². The summed E-state index contributed by atoms with van der Waals surface area (Å²) in [6, 6.07) is 0. The van der Waals surface area contributed by atoms with Crippen LogP contribution in [-0.4, -0.2) is 23.9 Å². The zero-order valence-electron chi connectivity index (χ0n) is 8.29. The molecule has 3 atom stereocenters. The standard InChI is InChI=1S/C10H18O2/c1-7-5-8(2)10(3,12-4)9(11)6-7/h5,7,9,11H,6H2,1-4H3. The molecule has 3 unspecified atom stereocenters. The fraction of sp³-hybridized carbons (Fsp3) is 0.800. The Hall–Kier alpha value is -0.340. The fourth-order valence-electron chi connectivity index (χ4n) is 1.80. The zero-order chi connectivity index (χ0) is 9.35. The summed E-state index contributed by atoms with van der Waals surface area (Å²) in [5.41, 5.74) is 0.670. The van der Waals surface area contributed by atoms with Crippen LogP contribution in [0.5, 0.6) is 0 Å². The first-order valence-electron chi connectivity index (χ1n) is 4.43. The van der Waals surface area contributed by atoms with Crippen LogP contribution in [0.4, 0.5) is 0 Å². The first-order valence-corrected chi connectivity index (χ1v) is 4.43. The van der Waals surface area contributed by atoms with Gasteiger partial charge in [0.25, 0.3) is 0 Å². The molecule has 1 N–H and O–H groups in total. The lowest BCUT2D eigenvalue weighted by atomic mass is 9.79. The zero-order valence-corrected chi connectivity index (χ0v) is 8.29. The number of rotatable bonds is 1. The van der Waals surface area contributed by atoms with Gasteiger partial charge in [0.1, 0.15) is 5.60 Å². The summed E-state index contributed by atoms with van der Waals surface area (Å²) in [6.45, 7) is 6.07. The van der Waals surface area contributed by atoms with Crippen LogP contribution in [0.2, 0.25) is 0 Å². The highest BCUT2D eigenvalue weighted by Gasteiger charge is 2.38. The van der Waals surface area contributed by atoms with Gasteiger partial charge in [-0.05, 0) is 31.8 Å². The second kappa shape index (κ2) is 3.19. The quantitative estimate of drug-likeness (QED) is 0.607. The Labute approximate surface area is 74.2 Å². The van der Waals surface area contributed by atoms with Crippen LogP contribution in [0, 0.1) is 5.92 Å². The highest BCUT2D eigenvalue weighted by atomic mass is 16.5. The highest BCUT2D eigenvalue weighted by molar-refractivity contribution is 5.21. The third kappa shape index (κ3) is 1.41. The van der Waals surface area contributed by atoms with Gasteiger partial charge in [-0.15, -0.1) is 0 Å². The molecule has 0 amide bonds. The molecule has 0 saturated carbocycles. The minimum Gasteiger partial charge on any atom is -0.390 e. The summed E-state index contributed by atoms with van der Waals surface area (Å²) in [6.07, 6.45) is 2.60. The minimum atomic E-state index is -0.466. The first kappa shape index (κ1) is 9.75. The Kier molecular flexibility index (Phi) is 2.59. The third-order valence-electron chi connectivity index (χ3n) is 2.97. The van der Waals surface area contributed by atoms with Crippen molar-refractivity contribution in [3.63, 3.8) is 0 Å². The number of hydrogen-bond donors (Lipinski definition) is 1. The van der Waals surface area contributed by atoms with Crippen molar-refractivity contribution in [1.29, 1.82) is 0 Å². The van der Waals surface area contributed by atoms with Gasteiger partial charge >= 0.3 is 0 Å². The molecule has 70 valence electrons. The number of aliphatic hydroxyl groups excluding tert-OH is 1. The van der Waals surface area contributed by atoms with E-state index in [9.17, 15) is 5.11 Å². The molecule has 1 rings (SSSR count). The van der Waals surface area contributed by atoms with Gasteiger partial charge in [0, 0.05) is 7.11 Å². The molecule has 0 aromatic rings. The summed E-state index contributed by atoms with van der Waals surface area (Å²) >= 11 is 0. The largest absolute Gasteiger partial charge is 0.390 e. The van der Waals surface area contributed by atoms with E-state index in [0.717, 1.165) is 12.0 Å². The van der Waals surface area contributed by atoms with Crippen LogP contribution < -0.4 is 0 Å². The molecule has 0 fully saturated rings. The van der Waals surface area contributed by atoms with E-state index in [1.807, 2.05) is 13.8 Å². The number of allylic oxidation sites excluding steroid dienone is 1. The number of methoxy groups -OCH3 is 1. The Morgan fingerprint density at radius 2 is 2.25 bits per heavy atom. The monoisotopic (exact) mass is 170 g/mol. The molecule has 12 heavy (non-hydrogen) atoms. The molecule has 0 spiro atoms. The van der Waals surface area contributed by atoms with Gasteiger partial charge in [0.05, 0.1) is 6.10 Å². The summed E-state index contributed by atoms with van der Waals surface area (Å²) < 4.78 is 5.33. The van der Waals surface area contributed by atoms with Crippen molar-refractivity contribution < 1.29 is 9.84 Å². The molecule has 0 heterocycles.